The normalized spacial score (nSPS) is 16.0. The lowest BCUT2D eigenvalue weighted by Gasteiger charge is -2.22. The number of carbonyl (C=O) groups excluding carboxylic acids is 1. The SMILES string of the molecule is C=CCn1c(C2CCC(=O)CC2)nc(-c2cccc(C)n2)c1-c1ccc2c(c1)OCO2. The van der Waals surface area contributed by atoms with E-state index in [2.05, 4.69) is 11.1 Å². The lowest BCUT2D eigenvalue weighted by molar-refractivity contribution is -0.120. The second kappa shape index (κ2) is 8.02. The molecule has 1 aliphatic carbocycles. The number of pyridine rings is 1. The van der Waals surface area contributed by atoms with Crippen LogP contribution in [0.4, 0.5) is 0 Å². The van der Waals surface area contributed by atoms with Crippen molar-refractivity contribution < 1.29 is 14.3 Å². The van der Waals surface area contributed by atoms with E-state index in [0.717, 1.165) is 58.5 Å². The summed E-state index contributed by atoms with van der Waals surface area (Å²) in [5.41, 5.74) is 4.61. The Hall–Kier alpha value is -3.41. The molecule has 0 atom stereocenters. The van der Waals surface area contributed by atoms with E-state index in [1.807, 2.05) is 49.4 Å². The third kappa shape index (κ3) is 3.63. The van der Waals surface area contributed by atoms with Crippen molar-refractivity contribution >= 4 is 5.78 Å². The third-order valence-corrected chi connectivity index (χ3v) is 5.99. The van der Waals surface area contributed by atoms with Gasteiger partial charge in [-0.15, -0.1) is 6.58 Å². The Morgan fingerprint density at radius 2 is 1.94 bits per heavy atom. The van der Waals surface area contributed by atoms with Crippen LogP contribution in [0, 0.1) is 6.92 Å². The summed E-state index contributed by atoms with van der Waals surface area (Å²) in [7, 11) is 0. The number of aryl methyl sites for hydroxylation is 1. The maximum absolute atomic E-state index is 11.8. The predicted octanol–water partition coefficient (Wildman–Crippen LogP) is 5.06. The molecule has 3 aromatic rings. The van der Waals surface area contributed by atoms with Crippen molar-refractivity contribution in [2.24, 2.45) is 0 Å². The summed E-state index contributed by atoms with van der Waals surface area (Å²) >= 11 is 0. The number of aromatic nitrogens is 3. The molecule has 0 radical (unpaired) electrons. The van der Waals surface area contributed by atoms with Gasteiger partial charge < -0.3 is 14.0 Å². The van der Waals surface area contributed by atoms with Crippen LogP contribution < -0.4 is 9.47 Å². The van der Waals surface area contributed by atoms with Gasteiger partial charge in [0.2, 0.25) is 6.79 Å². The van der Waals surface area contributed by atoms with Crippen molar-refractivity contribution in [3.8, 4) is 34.1 Å². The van der Waals surface area contributed by atoms with Crippen molar-refractivity contribution in [2.45, 2.75) is 45.1 Å². The Balaban J connectivity index is 1.71. The van der Waals surface area contributed by atoms with Gasteiger partial charge in [0.1, 0.15) is 17.3 Å². The first-order chi connectivity index (χ1) is 15.1. The first-order valence-corrected chi connectivity index (χ1v) is 10.7. The van der Waals surface area contributed by atoms with Crippen LogP contribution in [-0.4, -0.2) is 27.1 Å². The highest BCUT2D eigenvalue weighted by molar-refractivity contribution is 5.80. The number of ether oxygens (including phenoxy) is 2. The Morgan fingerprint density at radius 3 is 2.71 bits per heavy atom. The van der Waals surface area contributed by atoms with E-state index in [1.165, 1.54) is 0 Å². The molecule has 6 nitrogen and oxygen atoms in total. The second-order valence-corrected chi connectivity index (χ2v) is 8.11. The van der Waals surface area contributed by atoms with E-state index in [-0.39, 0.29) is 12.7 Å². The van der Waals surface area contributed by atoms with E-state index in [1.54, 1.807) is 0 Å². The van der Waals surface area contributed by atoms with Gasteiger partial charge in [-0.3, -0.25) is 9.78 Å². The summed E-state index contributed by atoms with van der Waals surface area (Å²) in [5.74, 6) is 3.06. The molecule has 1 aliphatic heterocycles. The van der Waals surface area contributed by atoms with Crippen LogP contribution >= 0.6 is 0 Å². The van der Waals surface area contributed by atoms with Crippen LogP contribution in [0.15, 0.2) is 49.1 Å². The minimum absolute atomic E-state index is 0.234. The van der Waals surface area contributed by atoms with Gasteiger partial charge in [-0.25, -0.2) is 4.98 Å². The smallest absolute Gasteiger partial charge is 0.231 e. The fourth-order valence-corrected chi connectivity index (χ4v) is 4.48. The van der Waals surface area contributed by atoms with Gasteiger partial charge in [0.25, 0.3) is 0 Å². The number of allylic oxidation sites excluding steroid dienone is 1. The molecule has 3 heterocycles. The summed E-state index contributed by atoms with van der Waals surface area (Å²) < 4.78 is 13.4. The van der Waals surface area contributed by atoms with Gasteiger partial charge in [0.05, 0.1) is 11.4 Å². The zero-order valence-corrected chi connectivity index (χ0v) is 17.6. The van der Waals surface area contributed by atoms with Crippen LogP contribution in [0.3, 0.4) is 0 Å². The zero-order valence-electron chi connectivity index (χ0n) is 17.6. The number of ketones is 1. The van der Waals surface area contributed by atoms with Gasteiger partial charge in [-0.05, 0) is 50.1 Å². The quantitative estimate of drug-likeness (QED) is 0.545. The maximum Gasteiger partial charge on any atom is 0.231 e. The second-order valence-electron chi connectivity index (χ2n) is 8.11. The molecule has 1 fully saturated rings. The monoisotopic (exact) mass is 415 g/mol. The van der Waals surface area contributed by atoms with Crippen LogP contribution in [0.5, 0.6) is 11.5 Å². The van der Waals surface area contributed by atoms with Gasteiger partial charge >= 0.3 is 0 Å². The van der Waals surface area contributed by atoms with E-state index >= 15 is 0 Å². The molecule has 0 bridgehead atoms. The Kier molecular flexibility index (Phi) is 5.06. The first kappa shape index (κ1) is 19.5. The van der Waals surface area contributed by atoms with Crippen molar-refractivity contribution in [2.75, 3.05) is 6.79 Å². The van der Waals surface area contributed by atoms with Crippen molar-refractivity contribution in [1.82, 2.24) is 14.5 Å². The van der Waals surface area contributed by atoms with E-state index in [4.69, 9.17) is 19.4 Å². The van der Waals surface area contributed by atoms with Gasteiger partial charge in [-0.1, -0.05) is 12.1 Å². The van der Waals surface area contributed by atoms with Gasteiger partial charge in [0, 0.05) is 36.6 Å². The largest absolute Gasteiger partial charge is 0.454 e. The summed E-state index contributed by atoms with van der Waals surface area (Å²) in [5, 5.41) is 0. The van der Waals surface area contributed by atoms with Crippen LogP contribution in [0.2, 0.25) is 0 Å². The molecular weight excluding hydrogens is 390 g/mol. The number of rotatable bonds is 5. The molecule has 0 unspecified atom stereocenters. The minimum Gasteiger partial charge on any atom is -0.454 e. The first-order valence-electron chi connectivity index (χ1n) is 10.7. The summed E-state index contributed by atoms with van der Waals surface area (Å²) in [6.45, 7) is 6.83. The lowest BCUT2D eigenvalue weighted by Crippen LogP contribution is -2.16. The number of carbonyl (C=O) groups is 1. The molecule has 1 aromatic carbocycles. The van der Waals surface area contributed by atoms with Crippen molar-refractivity contribution in [3.05, 3.63) is 60.6 Å². The summed E-state index contributed by atoms with van der Waals surface area (Å²) in [6, 6.07) is 12.0. The lowest BCUT2D eigenvalue weighted by atomic mass is 9.88. The number of fused-ring (bicyclic) bond motifs is 1. The fraction of sp³-hybridized carbons (Fsp3) is 0.320. The number of nitrogens with zero attached hydrogens (tertiary/aromatic N) is 3. The molecule has 2 aromatic heterocycles. The van der Waals surface area contributed by atoms with E-state index < -0.39 is 0 Å². The Bertz CT molecular complexity index is 1150. The zero-order chi connectivity index (χ0) is 21.4. The van der Waals surface area contributed by atoms with Crippen LogP contribution in [0.1, 0.15) is 43.1 Å². The molecule has 2 aliphatic rings. The molecule has 31 heavy (non-hydrogen) atoms. The number of hydrogen-bond acceptors (Lipinski definition) is 5. The number of benzene rings is 1. The van der Waals surface area contributed by atoms with Gasteiger partial charge in [0.15, 0.2) is 11.5 Å². The standard InChI is InChI=1S/C25H25N3O3/c1-3-13-28-24(18-9-12-21-22(14-18)31-15-30-21)23(20-6-4-5-16(2)26-20)27-25(28)17-7-10-19(29)11-8-17/h3-6,9,12,14,17H,1,7-8,10-11,13,15H2,2H3. The minimum atomic E-state index is 0.234. The fourth-order valence-electron chi connectivity index (χ4n) is 4.48. The molecule has 0 amide bonds. The highest BCUT2D eigenvalue weighted by Crippen LogP contribution is 2.41. The van der Waals surface area contributed by atoms with Gasteiger partial charge in [-0.2, -0.15) is 0 Å². The average Bonchev–Trinajstić information content (AvgIpc) is 3.39. The van der Waals surface area contributed by atoms with E-state index in [9.17, 15) is 4.79 Å². The summed E-state index contributed by atoms with van der Waals surface area (Å²) in [6.07, 6.45) is 4.78. The topological polar surface area (TPSA) is 66.2 Å². The Labute approximate surface area is 181 Å². The highest BCUT2D eigenvalue weighted by atomic mass is 16.7. The molecule has 0 spiro atoms. The van der Waals surface area contributed by atoms with Crippen LogP contribution in [-0.2, 0) is 11.3 Å². The maximum atomic E-state index is 11.8. The van der Waals surface area contributed by atoms with Crippen molar-refractivity contribution in [1.29, 1.82) is 0 Å². The summed E-state index contributed by atoms with van der Waals surface area (Å²) in [4.78, 5) is 21.7. The van der Waals surface area contributed by atoms with Crippen LogP contribution in [0.25, 0.3) is 22.6 Å². The van der Waals surface area contributed by atoms with Crippen molar-refractivity contribution in [3.63, 3.8) is 0 Å². The van der Waals surface area contributed by atoms with E-state index in [0.29, 0.717) is 25.2 Å². The highest BCUT2D eigenvalue weighted by Gasteiger charge is 2.29. The molecule has 0 saturated heterocycles. The molecule has 158 valence electrons. The number of imidazole rings is 1. The molecule has 1 saturated carbocycles. The molecule has 6 heteroatoms. The molecular formula is C25H25N3O3. The number of Topliss-reactive ketones (excluding diaryl/α,β-unsaturated/α-hetero) is 1. The predicted molar refractivity (Wildman–Crippen MR) is 118 cm³/mol. The number of hydrogen-bond donors (Lipinski definition) is 0. The average molecular weight is 415 g/mol. The molecule has 0 N–H and O–H groups in total. The molecule has 5 rings (SSSR count). The third-order valence-electron chi connectivity index (χ3n) is 5.99. The Morgan fingerprint density at radius 1 is 1.13 bits per heavy atom.